The lowest BCUT2D eigenvalue weighted by Gasteiger charge is -2.08. The number of hydrogen-bond acceptors (Lipinski definition) is 4. The van der Waals surface area contributed by atoms with E-state index in [2.05, 4.69) is 10.3 Å². The molecule has 6 nitrogen and oxygen atoms in total. The minimum atomic E-state index is -1.07. The Morgan fingerprint density at radius 3 is 2.65 bits per heavy atom. The summed E-state index contributed by atoms with van der Waals surface area (Å²) in [5.41, 5.74) is 0.900. The number of aromatic nitrogens is 1. The molecule has 20 heavy (non-hydrogen) atoms. The van der Waals surface area contributed by atoms with Crippen molar-refractivity contribution in [1.29, 1.82) is 0 Å². The second-order valence-corrected chi connectivity index (χ2v) is 4.16. The topological polar surface area (TPSA) is 99.5 Å². The molecule has 1 aromatic carbocycles. The van der Waals surface area contributed by atoms with Gasteiger partial charge in [0.05, 0.1) is 5.56 Å². The molecule has 0 saturated heterocycles. The number of rotatable bonds is 3. The van der Waals surface area contributed by atoms with Gasteiger partial charge in [0, 0.05) is 11.9 Å². The quantitative estimate of drug-likeness (QED) is 0.794. The van der Waals surface area contributed by atoms with Gasteiger partial charge in [-0.25, -0.2) is 9.78 Å². The molecule has 0 unspecified atom stereocenters. The number of nitrogens with one attached hydrogen (secondary N) is 1. The molecule has 6 heteroatoms. The molecule has 0 aliphatic rings. The number of carbonyl (C=O) groups excluding carboxylic acids is 1. The highest BCUT2D eigenvalue weighted by atomic mass is 16.4. The van der Waals surface area contributed by atoms with Crippen LogP contribution in [0.15, 0.2) is 36.5 Å². The van der Waals surface area contributed by atoms with Crippen LogP contribution in [-0.4, -0.2) is 27.1 Å². The lowest BCUT2D eigenvalue weighted by atomic mass is 10.1. The number of aromatic hydroxyl groups is 1. The Morgan fingerprint density at radius 1 is 1.25 bits per heavy atom. The lowest BCUT2D eigenvalue weighted by Crippen LogP contribution is -2.14. The number of anilines is 1. The molecule has 102 valence electrons. The van der Waals surface area contributed by atoms with E-state index < -0.39 is 11.9 Å². The fourth-order valence-electron chi connectivity index (χ4n) is 1.69. The minimum Gasteiger partial charge on any atom is -0.505 e. The maximum absolute atomic E-state index is 11.9. The number of aryl methyl sites for hydroxylation is 1. The van der Waals surface area contributed by atoms with Gasteiger partial charge in [0.15, 0.2) is 5.69 Å². The Labute approximate surface area is 114 Å². The van der Waals surface area contributed by atoms with Gasteiger partial charge in [-0.05, 0) is 36.8 Å². The molecule has 0 aliphatic heterocycles. The van der Waals surface area contributed by atoms with Crippen molar-refractivity contribution in [1.82, 2.24) is 4.98 Å². The van der Waals surface area contributed by atoms with Crippen LogP contribution in [0.3, 0.4) is 0 Å². The zero-order valence-corrected chi connectivity index (χ0v) is 10.6. The maximum Gasteiger partial charge on any atom is 0.336 e. The number of pyridine rings is 1. The first-order valence-electron chi connectivity index (χ1n) is 5.78. The van der Waals surface area contributed by atoms with Crippen molar-refractivity contribution >= 4 is 17.6 Å². The summed E-state index contributed by atoms with van der Waals surface area (Å²) in [5, 5.41) is 21.0. The second-order valence-electron chi connectivity index (χ2n) is 4.16. The van der Waals surface area contributed by atoms with Crippen molar-refractivity contribution in [3.8, 4) is 5.75 Å². The summed E-state index contributed by atoms with van der Waals surface area (Å²) in [5.74, 6) is -1.92. The molecular weight excluding hydrogens is 260 g/mol. The predicted molar refractivity (Wildman–Crippen MR) is 72.0 cm³/mol. The zero-order chi connectivity index (χ0) is 14.7. The molecule has 0 bridgehead atoms. The van der Waals surface area contributed by atoms with E-state index in [9.17, 15) is 14.7 Å². The number of aromatic carboxylic acids is 1. The standard InChI is InChI=1S/C14H12N2O4/c1-8-4-5-9(7-10(8)14(19)20)16-13(18)12-11(17)3-2-6-15-12/h2-7,17H,1H3,(H,16,18)(H,19,20). The SMILES string of the molecule is Cc1ccc(NC(=O)c2ncccc2O)cc1C(=O)O. The number of carboxylic acid groups (broad SMARTS) is 1. The van der Waals surface area contributed by atoms with Crippen molar-refractivity contribution in [2.45, 2.75) is 6.92 Å². The average Bonchev–Trinajstić information content (AvgIpc) is 2.41. The van der Waals surface area contributed by atoms with Crippen molar-refractivity contribution in [3.05, 3.63) is 53.3 Å². The van der Waals surface area contributed by atoms with Crippen LogP contribution in [0.5, 0.6) is 5.75 Å². The van der Waals surface area contributed by atoms with Gasteiger partial charge >= 0.3 is 5.97 Å². The Balaban J connectivity index is 2.27. The molecule has 0 saturated carbocycles. The van der Waals surface area contributed by atoms with E-state index in [-0.39, 0.29) is 17.0 Å². The molecule has 0 radical (unpaired) electrons. The van der Waals surface area contributed by atoms with Gasteiger partial charge in [0.1, 0.15) is 5.75 Å². The number of hydrogen-bond donors (Lipinski definition) is 3. The fraction of sp³-hybridized carbons (Fsp3) is 0.0714. The third kappa shape index (κ3) is 2.74. The third-order valence-electron chi connectivity index (χ3n) is 2.73. The van der Waals surface area contributed by atoms with Gasteiger partial charge in [0.2, 0.25) is 0 Å². The highest BCUT2D eigenvalue weighted by molar-refractivity contribution is 6.05. The number of amides is 1. The van der Waals surface area contributed by atoms with E-state index in [1.54, 1.807) is 19.1 Å². The van der Waals surface area contributed by atoms with Gasteiger partial charge < -0.3 is 15.5 Å². The Bertz CT molecular complexity index is 683. The summed E-state index contributed by atoms with van der Waals surface area (Å²) < 4.78 is 0. The van der Waals surface area contributed by atoms with Crippen molar-refractivity contribution in [3.63, 3.8) is 0 Å². The first kappa shape index (κ1) is 13.5. The van der Waals surface area contributed by atoms with Crippen molar-refractivity contribution in [2.75, 3.05) is 5.32 Å². The van der Waals surface area contributed by atoms with Gasteiger partial charge in [0.25, 0.3) is 5.91 Å². The van der Waals surface area contributed by atoms with Crippen LogP contribution < -0.4 is 5.32 Å². The first-order chi connectivity index (χ1) is 9.49. The highest BCUT2D eigenvalue weighted by Gasteiger charge is 2.14. The number of carbonyl (C=O) groups is 2. The Morgan fingerprint density at radius 2 is 2.00 bits per heavy atom. The lowest BCUT2D eigenvalue weighted by molar-refractivity contribution is 0.0695. The summed E-state index contributed by atoms with van der Waals surface area (Å²) in [6, 6.07) is 7.38. The summed E-state index contributed by atoms with van der Waals surface area (Å²) in [4.78, 5) is 26.7. The average molecular weight is 272 g/mol. The molecule has 1 heterocycles. The molecule has 1 aromatic heterocycles. The van der Waals surface area contributed by atoms with Crippen LogP contribution in [0.25, 0.3) is 0 Å². The summed E-state index contributed by atoms with van der Waals surface area (Å²) in [6.45, 7) is 1.67. The molecule has 0 fully saturated rings. The van der Waals surface area contributed by atoms with E-state index in [0.29, 0.717) is 11.3 Å². The fourth-order valence-corrected chi connectivity index (χ4v) is 1.69. The van der Waals surface area contributed by atoms with E-state index in [1.807, 2.05) is 0 Å². The zero-order valence-electron chi connectivity index (χ0n) is 10.6. The Kier molecular flexibility index (Phi) is 3.65. The first-order valence-corrected chi connectivity index (χ1v) is 5.78. The number of nitrogens with zero attached hydrogens (tertiary/aromatic N) is 1. The van der Waals surface area contributed by atoms with Gasteiger partial charge in [-0.15, -0.1) is 0 Å². The molecule has 2 aromatic rings. The maximum atomic E-state index is 11.9. The van der Waals surface area contributed by atoms with E-state index in [4.69, 9.17) is 5.11 Å². The summed E-state index contributed by atoms with van der Waals surface area (Å²) >= 11 is 0. The van der Waals surface area contributed by atoms with Crippen LogP contribution >= 0.6 is 0 Å². The largest absolute Gasteiger partial charge is 0.505 e. The molecule has 0 spiro atoms. The monoisotopic (exact) mass is 272 g/mol. The molecule has 3 N–H and O–H groups in total. The van der Waals surface area contributed by atoms with Gasteiger partial charge in [-0.2, -0.15) is 0 Å². The van der Waals surface area contributed by atoms with Crippen LogP contribution in [0.1, 0.15) is 26.4 Å². The van der Waals surface area contributed by atoms with Crippen LogP contribution in [0.4, 0.5) is 5.69 Å². The van der Waals surface area contributed by atoms with Gasteiger partial charge in [-0.1, -0.05) is 6.07 Å². The van der Waals surface area contributed by atoms with Crippen molar-refractivity contribution < 1.29 is 19.8 Å². The summed E-state index contributed by atoms with van der Waals surface area (Å²) in [7, 11) is 0. The molecule has 0 aliphatic carbocycles. The van der Waals surface area contributed by atoms with E-state index >= 15 is 0 Å². The highest BCUT2D eigenvalue weighted by Crippen LogP contribution is 2.18. The number of benzene rings is 1. The Hall–Kier alpha value is -2.89. The van der Waals surface area contributed by atoms with Crippen LogP contribution in [0, 0.1) is 6.92 Å². The van der Waals surface area contributed by atoms with Crippen LogP contribution in [-0.2, 0) is 0 Å². The molecular formula is C14H12N2O4. The molecule has 1 amide bonds. The third-order valence-corrected chi connectivity index (χ3v) is 2.73. The normalized spacial score (nSPS) is 10.1. The predicted octanol–water partition coefficient (Wildman–Crippen LogP) is 2.05. The molecule has 0 atom stereocenters. The molecule has 2 rings (SSSR count). The smallest absolute Gasteiger partial charge is 0.336 e. The summed E-state index contributed by atoms with van der Waals surface area (Å²) in [6.07, 6.45) is 1.38. The van der Waals surface area contributed by atoms with E-state index in [0.717, 1.165) is 0 Å². The number of carboxylic acids is 1. The van der Waals surface area contributed by atoms with E-state index in [1.165, 1.54) is 24.4 Å². The minimum absolute atomic E-state index is 0.105. The van der Waals surface area contributed by atoms with Crippen molar-refractivity contribution in [2.24, 2.45) is 0 Å². The van der Waals surface area contributed by atoms with Crippen LogP contribution in [0.2, 0.25) is 0 Å². The van der Waals surface area contributed by atoms with Gasteiger partial charge in [-0.3, -0.25) is 4.79 Å². The second kappa shape index (κ2) is 5.40.